The van der Waals surface area contributed by atoms with Gasteiger partial charge in [-0.05, 0) is 126 Å². The predicted molar refractivity (Wildman–Crippen MR) is 323 cm³/mol. The normalized spacial score (nSPS) is 12.3. The molecule has 370 valence electrons. The smallest absolute Gasteiger partial charge is 0.100 e. The van der Waals surface area contributed by atoms with Crippen molar-refractivity contribution < 1.29 is 0 Å². The molecule has 3 nitrogen and oxygen atoms in total. The molecule has 0 N–H and O–H groups in total. The molecule has 0 saturated heterocycles. The van der Waals surface area contributed by atoms with Gasteiger partial charge in [0, 0.05) is 44.0 Å². The van der Waals surface area contributed by atoms with E-state index in [2.05, 4.69) is 296 Å². The van der Waals surface area contributed by atoms with E-state index in [0.717, 1.165) is 89.1 Å². The molecule has 76 heavy (non-hydrogen) atoms. The highest BCUT2D eigenvalue weighted by atomic mass is 15.0. The fraction of sp³-hybridized carbons (Fsp3) is 0.164. The molecule has 0 radical (unpaired) electrons. The number of hydrogen-bond acceptors (Lipinski definition) is 1. The van der Waals surface area contributed by atoms with Crippen molar-refractivity contribution in [3.8, 4) is 73.1 Å². The summed E-state index contributed by atoms with van der Waals surface area (Å²) in [6.45, 7) is 20.4. The van der Waals surface area contributed by atoms with Crippen molar-refractivity contribution in [3.63, 3.8) is 0 Å². The van der Waals surface area contributed by atoms with Gasteiger partial charge < -0.3 is 9.13 Å². The second kappa shape index (κ2) is 18.3. The molecule has 2 aromatic heterocycles. The lowest BCUT2D eigenvalue weighted by Crippen LogP contribution is -2.11. The number of rotatable bonds is 7. The topological polar surface area (TPSA) is 33.6 Å². The molecule has 0 aliphatic carbocycles. The van der Waals surface area contributed by atoms with Crippen molar-refractivity contribution in [1.29, 1.82) is 5.26 Å². The van der Waals surface area contributed by atoms with Gasteiger partial charge in [-0.25, -0.2) is 0 Å². The van der Waals surface area contributed by atoms with Crippen molar-refractivity contribution in [2.45, 2.75) is 78.6 Å². The van der Waals surface area contributed by atoms with Crippen LogP contribution in [-0.4, -0.2) is 9.13 Å². The highest BCUT2D eigenvalue weighted by Gasteiger charge is 2.31. The summed E-state index contributed by atoms with van der Waals surface area (Å²) < 4.78 is 4.76. The van der Waals surface area contributed by atoms with E-state index in [0.29, 0.717) is 5.56 Å². The molecule has 0 spiro atoms. The third-order valence-electron chi connectivity index (χ3n) is 15.7. The van der Waals surface area contributed by atoms with Crippen LogP contribution in [0.15, 0.2) is 218 Å². The van der Waals surface area contributed by atoms with Gasteiger partial charge in [-0.3, -0.25) is 0 Å². The maximum atomic E-state index is 12.4. The highest BCUT2D eigenvalue weighted by Crippen LogP contribution is 2.54. The first kappa shape index (κ1) is 48.2. The van der Waals surface area contributed by atoms with Gasteiger partial charge in [0.05, 0.1) is 27.6 Å². The standard InChI is InChI=1S/C73H63N3/c1-71(2,3)52-38-32-47(33-39-52)68-66(50-20-18-22-55(44-50)75-62-28-14-10-24-57(62)58-25-11-15-29-63(58)75)61(46-74)67(51-21-19-23-56(45-51)76-64-30-16-12-26-59(64)60-27-13-17-31-65(60)76)69(48-34-40-53(41-35-48)72(4,5)6)70(68)49-36-42-54(43-37-49)73(7,8)9/h10-45H,1-9H3. The Balaban J connectivity index is 1.26. The minimum Gasteiger partial charge on any atom is -0.309 e. The zero-order chi connectivity index (χ0) is 52.7. The fourth-order valence-electron chi connectivity index (χ4n) is 11.7. The number of fused-ring (bicyclic) bond motifs is 6. The Labute approximate surface area is 448 Å². The van der Waals surface area contributed by atoms with Gasteiger partial charge in [-0.1, -0.05) is 232 Å². The lowest BCUT2D eigenvalue weighted by Gasteiger charge is -2.28. The van der Waals surface area contributed by atoms with Crippen molar-refractivity contribution in [2.24, 2.45) is 0 Å². The van der Waals surface area contributed by atoms with E-state index in [4.69, 9.17) is 0 Å². The number of aromatic nitrogens is 2. The second-order valence-corrected chi connectivity index (χ2v) is 23.7. The van der Waals surface area contributed by atoms with Crippen LogP contribution in [0.2, 0.25) is 0 Å². The third-order valence-corrected chi connectivity index (χ3v) is 15.7. The summed E-state index contributed by atoms with van der Waals surface area (Å²) in [5, 5.41) is 17.2. The van der Waals surface area contributed by atoms with Crippen LogP contribution in [0.25, 0.3) is 111 Å². The van der Waals surface area contributed by atoms with Crippen molar-refractivity contribution in [2.75, 3.05) is 0 Å². The van der Waals surface area contributed by atoms with Gasteiger partial charge in [0.25, 0.3) is 0 Å². The van der Waals surface area contributed by atoms with Crippen LogP contribution in [0, 0.1) is 11.3 Å². The Morgan fingerprint density at radius 1 is 0.289 bits per heavy atom. The van der Waals surface area contributed by atoms with Crippen LogP contribution in [-0.2, 0) is 16.2 Å². The quantitative estimate of drug-likeness (QED) is 0.157. The summed E-state index contributed by atoms with van der Waals surface area (Å²) in [5.74, 6) is 0. The molecule has 3 heteroatoms. The Morgan fingerprint density at radius 3 is 0.842 bits per heavy atom. The lowest BCUT2D eigenvalue weighted by molar-refractivity contribution is 0.590. The summed E-state index contributed by atoms with van der Waals surface area (Å²) in [6, 6.07) is 83.0. The molecule has 0 saturated carbocycles. The molecule has 0 atom stereocenters. The van der Waals surface area contributed by atoms with Gasteiger partial charge >= 0.3 is 0 Å². The molecule has 0 aliphatic rings. The minimum absolute atomic E-state index is 0.0583. The van der Waals surface area contributed by atoms with Crippen LogP contribution in [0.4, 0.5) is 0 Å². The van der Waals surface area contributed by atoms with Crippen LogP contribution in [0.1, 0.15) is 84.6 Å². The van der Waals surface area contributed by atoms with E-state index in [1.807, 2.05) is 0 Å². The number of nitriles is 1. The van der Waals surface area contributed by atoms with Gasteiger partial charge in [0.1, 0.15) is 6.07 Å². The first-order valence-corrected chi connectivity index (χ1v) is 26.7. The van der Waals surface area contributed by atoms with E-state index in [1.165, 1.54) is 38.2 Å². The van der Waals surface area contributed by atoms with Crippen LogP contribution in [0.3, 0.4) is 0 Å². The van der Waals surface area contributed by atoms with Gasteiger partial charge in [-0.15, -0.1) is 0 Å². The van der Waals surface area contributed by atoms with E-state index in [1.54, 1.807) is 0 Å². The molecule has 12 rings (SSSR count). The molecule has 0 aliphatic heterocycles. The third kappa shape index (κ3) is 8.21. The average Bonchev–Trinajstić information content (AvgIpc) is 4.11. The first-order valence-electron chi connectivity index (χ1n) is 26.7. The predicted octanol–water partition coefficient (Wildman–Crippen LogP) is 20.0. The Bertz CT molecular complexity index is 3900. The zero-order valence-electron chi connectivity index (χ0n) is 45.1. The number of benzene rings is 10. The number of para-hydroxylation sites is 4. The van der Waals surface area contributed by atoms with Gasteiger partial charge in [0.2, 0.25) is 0 Å². The molecular formula is C73H63N3. The number of hydrogen-bond donors (Lipinski definition) is 0. The molecule has 2 heterocycles. The highest BCUT2D eigenvalue weighted by molar-refractivity contribution is 6.13. The summed E-state index contributed by atoms with van der Waals surface area (Å²) >= 11 is 0. The Kier molecular flexibility index (Phi) is 11.6. The molecule has 0 amide bonds. The maximum Gasteiger partial charge on any atom is 0.100 e. The molecular weight excluding hydrogens is 919 g/mol. The van der Waals surface area contributed by atoms with Crippen molar-refractivity contribution in [3.05, 3.63) is 241 Å². The van der Waals surface area contributed by atoms with E-state index in [-0.39, 0.29) is 16.2 Å². The van der Waals surface area contributed by atoms with E-state index >= 15 is 0 Å². The van der Waals surface area contributed by atoms with Crippen LogP contribution < -0.4 is 0 Å². The molecule has 10 aromatic carbocycles. The summed E-state index contributed by atoms with van der Waals surface area (Å²) in [6.07, 6.45) is 0. The molecule has 0 fully saturated rings. The zero-order valence-corrected chi connectivity index (χ0v) is 45.1. The lowest BCUT2D eigenvalue weighted by atomic mass is 9.74. The average molecular weight is 982 g/mol. The van der Waals surface area contributed by atoms with Gasteiger partial charge in [-0.2, -0.15) is 5.26 Å². The van der Waals surface area contributed by atoms with Crippen LogP contribution in [0.5, 0.6) is 0 Å². The van der Waals surface area contributed by atoms with E-state index < -0.39 is 0 Å². The molecule has 0 unspecified atom stereocenters. The first-order chi connectivity index (χ1) is 36.6. The maximum absolute atomic E-state index is 12.4. The monoisotopic (exact) mass is 982 g/mol. The van der Waals surface area contributed by atoms with E-state index in [9.17, 15) is 5.26 Å². The molecule has 0 bridgehead atoms. The fourth-order valence-corrected chi connectivity index (χ4v) is 11.7. The van der Waals surface area contributed by atoms with Gasteiger partial charge in [0.15, 0.2) is 0 Å². The molecule has 12 aromatic rings. The Morgan fingerprint density at radius 2 is 0.566 bits per heavy atom. The summed E-state index contributed by atoms with van der Waals surface area (Å²) in [7, 11) is 0. The largest absolute Gasteiger partial charge is 0.309 e. The summed E-state index contributed by atoms with van der Waals surface area (Å²) in [5.41, 5.74) is 20.8. The summed E-state index contributed by atoms with van der Waals surface area (Å²) in [4.78, 5) is 0. The SMILES string of the molecule is CC(C)(C)c1ccc(-c2c(-c3cccc(-n4c5ccccc5c5ccccc54)c3)c(C#N)c(-c3cccc(-n4c5ccccc5c5ccccc54)c3)c(-c3ccc(C(C)(C)C)cc3)c2-c2ccc(C(C)(C)C)cc2)cc1. The van der Waals surface area contributed by atoms with Crippen molar-refractivity contribution >= 4 is 43.6 Å². The number of nitrogens with zero attached hydrogens (tertiary/aromatic N) is 3. The van der Waals surface area contributed by atoms with Crippen molar-refractivity contribution in [1.82, 2.24) is 9.13 Å². The van der Waals surface area contributed by atoms with Crippen LogP contribution >= 0.6 is 0 Å². The second-order valence-electron chi connectivity index (χ2n) is 23.7. The Hall–Kier alpha value is -8.71. The minimum atomic E-state index is -0.0629.